The van der Waals surface area contributed by atoms with Gasteiger partial charge in [-0.05, 0) is 18.1 Å². The number of aromatic nitrogens is 1. The number of aromatic amines is 1. The summed E-state index contributed by atoms with van der Waals surface area (Å²) in [5, 5.41) is 3.10. The lowest BCUT2D eigenvalue weighted by Gasteiger charge is -2.19. The van der Waals surface area contributed by atoms with Gasteiger partial charge in [0, 0.05) is 12.2 Å². The zero-order chi connectivity index (χ0) is 14.4. The third-order valence-electron chi connectivity index (χ3n) is 2.79. The monoisotopic (exact) mass is 268 g/mol. The first-order valence-corrected chi connectivity index (χ1v) is 6.07. The molecule has 2 N–H and O–H groups in total. The van der Waals surface area contributed by atoms with Crippen molar-refractivity contribution in [1.29, 1.82) is 0 Å². The van der Waals surface area contributed by atoms with Crippen LogP contribution in [0.2, 0.25) is 0 Å². The molecule has 0 radical (unpaired) electrons. The van der Waals surface area contributed by atoms with Crippen LogP contribution >= 0.6 is 0 Å². The average Bonchev–Trinajstić information content (AvgIpc) is 2.86. The van der Waals surface area contributed by atoms with Crippen molar-refractivity contribution in [2.45, 2.75) is 26.4 Å². The van der Waals surface area contributed by atoms with Gasteiger partial charge in [-0.25, -0.2) is 4.79 Å². The number of carbonyl (C=O) groups excluding carboxylic acids is 2. The molecule has 1 aromatic heterocycles. The smallest absolute Gasteiger partial charge is 0.354 e. The first kappa shape index (κ1) is 15.2. The molecular formula is C13H20N2O4. The van der Waals surface area contributed by atoms with E-state index in [1.165, 1.54) is 14.2 Å². The molecule has 0 amide bonds. The molecule has 1 aromatic rings. The number of carbonyl (C=O) groups is 2. The molecule has 0 saturated heterocycles. The number of ether oxygens (including phenoxy) is 2. The number of hydrogen-bond donors (Lipinski definition) is 2. The first-order chi connectivity index (χ1) is 8.99. The van der Waals surface area contributed by atoms with E-state index in [4.69, 9.17) is 4.74 Å². The summed E-state index contributed by atoms with van der Waals surface area (Å²) in [5.74, 6) is -0.600. The van der Waals surface area contributed by atoms with Crippen molar-refractivity contribution in [2.75, 3.05) is 14.2 Å². The summed E-state index contributed by atoms with van der Waals surface area (Å²) in [5.41, 5.74) is 1.19. The Kier molecular flexibility index (Phi) is 5.57. The predicted octanol–water partition coefficient (Wildman–Crippen LogP) is 1.09. The summed E-state index contributed by atoms with van der Waals surface area (Å²) in [6.45, 7) is 4.31. The normalized spacial score (nSPS) is 12.3. The lowest BCUT2D eigenvalue weighted by atomic mass is 10.0. The molecule has 6 nitrogen and oxygen atoms in total. The van der Waals surface area contributed by atoms with Gasteiger partial charge in [0.2, 0.25) is 0 Å². The minimum absolute atomic E-state index is 0.113. The summed E-state index contributed by atoms with van der Waals surface area (Å²) in [6, 6.07) is 3.04. The molecule has 0 aliphatic heterocycles. The zero-order valence-electron chi connectivity index (χ0n) is 11.6. The van der Waals surface area contributed by atoms with Gasteiger partial charge < -0.3 is 14.5 Å². The van der Waals surface area contributed by atoms with Crippen LogP contribution in [0.5, 0.6) is 0 Å². The van der Waals surface area contributed by atoms with Gasteiger partial charge in [0.15, 0.2) is 0 Å². The van der Waals surface area contributed by atoms with E-state index in [0.29, 0.717) is 12.2 Å². The van der Waals surface area contributed by atoms with Crippen LogP contribution in [0.4, 0.5) is 0 Å². The summed E-state index contributed by atoms with van der Waals surface area (Å²) in [6.07, 6.45) is 0. The highest BCUT2D eigenvalue weighted by molar-refractivity contribution is 5.87. The molecule has 1 rings (SSSR count). The predicted molar refractivity (Wildman–Crippen MR) is 69.6 cm³/mol. The average molecular weight is 268 g/mol. The maximum atomic E-state index is 11.6. The summed E-state index contributed by atoms with van der Waals surface area (Å²) in [7, 11) is 2.69. The summed E-state index contributed by atoms with van der Waals surface area (Å²) < 4.78 is 9.34. The maximum absolute atomic E-state index is 11.6. The molecule has 1 unspecified atom stereocenters. The third kappa shape index (κ3) is 4.10. The summed E-state index contributed by atoms with van der Waals surface area (Å²) >= 11 is 0. The highest BCUT2D eigenvalue weighted by Gasteiger charge is 2.22. The Balaban J connectivity index is 2.62. The number of esters is 2. The molecule has 0 bridgehead atoms. The van der Waals surface area contributed by atoms with Crippen LogP contribution < -0.4 is 5.32 Å². The van der Waals surface area contributed by atoms with Crippen LogP contribution in [0, 0.1) is 5.92 Å². The molecule has 106 valence electrons. The molecule has 1 heterocycles. The van der Waals surface area contributed by atoms with Gasteiger partial charge in [-0.3, -0.25) is 10.1 Å². The molecule has 0 aliphatic carbocycles. The van der Waals surface area contributed by atoms with Crippen LogP contribution in [-0.2, 0) is 20.8 Å². The van der Waals surface area contributed by atoms with Crippen LogP contribution in [0.15, 0.2) is 12.1 Å². The van der Waals surface area contributed by atoms with E-state index in [0.717, 1.165) is 5.69 Å². The molecular weight excluding hydrogens is 248 g/mol. The molecule has 0 fully saturated rings. The highest BCUT2D eigenvalue weighted by Crippen LogP contribution is 2.07. The van der Waals surface area contributed by atoms with E-state index in [1.807, 2.05) is 13.8 Å². The Morgan fingerprint density at radius 1 is 1.26 bits per heavy atom. The van der Waals surface area contributed by atoms with Crippen molar-refractivity contribution in [1.82, 2.24) is 10.3 Å². The van der Waals surface area contributed by atoms with E-state index < -0.39 is 5.97 Å². The van der Waals surface area contributed by atoms with Crippen molar-refractivity contribution in [2.24, 2.45) is 5.92 Å². The molecule has 1 atom stereocenters. The van der Waals surface area contributed by atoms with Crippen LogP contribution in [0.3, 0.4) is 0 Å². The van der Waals surface area contributed by atoms with Gasteiger partial charge in [0.25, 0.3) is 0 Å². The molecule has 0 spiro atoms. The quantitative estimate of drug-likeness (QED) is 0.755. The molecule has 6 heteroatoms. The first-order valence-electron chi connectivity index (χ1n) is 6.07. The standard InChI is InChI=1S/C13H20N2O4/c1-8(2)11(13(17)19-4)14-7-9-5-6-10(15-9)12(16)18-3/h5-6,8,11,14-15H,7H2,1-4H3. The van der Waals surface area contributed by atoms with E-state index in [9.17, 15) is 9.59 Å². The number of nitrogens with one attached hydrogen (secondary N) is 2. The van der Waals surface area contributed by atoms with Gasteiger partial charge in [0.05, 0.1) is 14.2 Å². The minimum atomic E-state index is -0.417. The van der Waals surface area contributed by atoms with Crippen LogP contribution in [-0.4, -0.2) is 37.2 Å². The van der Waals surface area contributed by atoms with Gasteiger partial charge >= 0.3 is 11.9 Å². The van der Waals surface area contributed by atoms with Crippen molar-refractivity contribution in [3.05, 3.63) is 23.5 Å². The number of H-pyrrole nitrogens is 1. The minimum Gasteiger partial charge on any atom is -0.468 e. The fourth-order valence-electron chi connectivity index (χ4n) is 1.71. The van der Waals surface area contributed by atoms with E-state index >= 15 is 0 Å². The number of methoxy groups -OCH3 is 2. The number of rotatable bonds is 6. The molecule has 0 aromatic carbocycles. The van der Waals surface area contributed by atoms with Crippen molar-refractivity contribution in [3.8, 4) is 0 Å². The van der Waals surface area contributed by atoms with Crippen molar-refractivity contribution in [3.63, 3.8) is 0 Å². The largest absolute Gasteiger partial charge is 0.468 e. The molecule has 19 heavy (non-hydrogen) atoms. The second-order valence-corrected chi connectivity index (χ2v) is 4.51. The SMILES string of the molecule is COC(=O)c1ccc(CNC(C(=O)OC)C(C)C)[nH]1. The summed E-state index contributed by atoms with van der Waals surface area (Å²) in [4.78, 5) is 25.8. The van der Waals surface area contributed by atoms with Gasteiger partial charge in [0.1, 0.15) is 11.7 Å². The van der Waals surface area contributed by atoms with Crippen LogP contribution in [0.25, 0.3) is 0 Å². The van der Waals surface area contributed by atoms with Gasteiger partial charge in [-0.1, -0.05) is 13.8 Å². The second kappa shape index (κ2) is 6.94. The Morgan fingerprint density at radius 2 is 1.95 bits per heavy atom. The lowest BCUT2D eigenvalue weighted by Crippen LogP contribution is -2.41. The lowest BCUT2D eigenvalue weighted by molar-refractivity contribution is -0.144. The zero-order valence-corrected chi connectivity index (χ0v) is 11.6. The van der Waals surface area contributed by atoms with Crippen molar-refractivity contribution >= 4 is 11.9 Å². The van der Waals surface area contributed by atoms with E-state index in [1.54, 1.807) is 12.1 Å². The number of hydrogen-bond acceptors (Lipinski definition) is 5. The van der Waals surface area contributed by atoms with E-state index in [2.05, 4.69) is 15.0 Å². The second-order valence-electron chi connectivity index (χ2n) is 4.51. The fourth-order valence-corrected chi connectivity index (χ4v) is 1.71. The fraction of sp³-hybridized carbons (Fsp3) is 0.538. The topological polar surface area (TPSA) is 80.4 Å². The van der Waals surface area contributed by atoms with E-state index in [-0.39, 0.29) is 17.9 Å². The molecule has 0 aliphatic rings. The van der Waals surface area contributed by atoms with Gasteiger partial charge in [-0.15, -0.1) is 0 Å². The van der Waals surface area contributed by atoms with Crippen LogP contribution in [0.1, 0.15) is 30.0 Å². The Hall–Kier alpha value is -1.82. The van der Waals surface area contributed by atoms with Crippen molar-refractivity contribution < 1.29 is 19.1 Å². The Labute approximate surface area is 112 Å². The highest BCUT2D eigenvalue weighted by atomic mass is 16.5. The Bertz CT molecular complexity index is 440. The maximum Gasteiger partial charge on any atom is 0.354 e. The molecule has 0 saturated carbocycles. The Morgan fingerprint density at radius 3 is 2.47 bits per heavy atom. The third-order valence-corrected chi connectivity index (χ3v) is 2.79. The van der Waals surface area contributed by atoms with Gasteiger partial charge in [-0.2, -0.15) is 0 Å².